The van der Waals surface area contributed by atoms with Crippen LogP contribution in [-0.4, -0.2) is 63.7 Å². The summed E-state index contributed by atoms with van der Waals surface area (Å²) in [7, 11) is 1.65. The van der Waals surface area contributed by atoms with E-state index in [9.17, 15) is 4.79 Å². The third kappa shape index (κ3) is 3.89. The van der Waals surface area contributed by atoms with Crippen LogP contribution in [0.4, 0.5) is 5.95 Å². The van der Waals surface area contributed by atoms with Gasteiger partial charge in [-0.25, -0.2) is 9.38 Å². The van der Waals surface area contributed by atoms with Crippen molar-refractivity contribution in [2.45, 2.75) is 0 Å². The quantitative estimate of drug-likeness (QED) is 0.361. The standard InChI is InChI=1S/C27H23ClN6O2/c1-36-21-12-8-18(9-13-21)24-30-31-25-22-4-2-3-5-23(22)29-27(34(24)25)33-16-14-32(15-17-33)26(35)19-6-10-20(28)11-7-19/h2-13H,14-17H2,1H3. The van der Waals surface area contributed by atoms with Crippen LogP contribution in [0.5, 0.6) is 5.75 Å². The van der Waals surface area contributed by atoms with Crippen LogP contribution in [0.3, 0.4) is 0 Å². The molecule has 3 aromatic carbocycles. The second-order valence-electron chi connectivity index (χ2n) is 8.63. The SMILES string of the molecule is COc1ccc(-c2nnc3c4ccccc4nc(N4CCN(C(=O)c5ccc(Cl)cc5)CC4)n23)cc1. The fourth-order valence-corrected chi connectivity index (χ4v) is 4.72. The van der Waals surface area contributed by atoms with Crippen molar-refractivity contribution in [3.63, 3.8) is 0 Å². The van der Waals surface area contributed by atoms with Crippen LogP contribution in [0, 0.1) is 0 Å². The number of hydrogen-bond acceptors (Lipinski definition) is 6. The predicted octanol–water partition coefficient (Wildman–Crippen LogP) is 4.57. The van der Waals surface area contributed by atoms with Crippen LogP contribution in [0.1, 0.15) is 10.4 Å². The highest BCUT2D eigenvalue weighted by Gasteiger charge is 2.26. The van der Waals surface area contributed by atoms with Gasteiger partial charge < -0.3 is 14.5 Å². The molecule has 36 heavy (non-hydrogen) atoms. The minimum atomic E-state index is 0.00570. The monoisotopic (exact) mass is 498 g/mol. The number of carbonyl (C=O) groups excluding carboxylic acids is 1. The molecule has 1 aliphatic heterocycles. The molecule has 180 valence electrons. The lowest BCUT2D eigenvalue weighted by atomic mass is 10.2. The number of nitrogens with zero attached hydrogens (tertiary/aromatic N) is 6. The smallest absolute Gasteiger partial charge is 0.253 e. The third-order valence-corrected chi connectivity index (χ3v) is 6.77. The van der Waals surface area contributed by atoms with Crippen LogP contribution in [-0.2, 0) is 0 Å². The molecule has 5 aromatic rings. The first kappa shape index (κ1) is 22.3. The van der Waals surface area contributed by atoms with E-state index in [1.807, 2.05) is 57.8 Å². The normalized spacial score (nSPS) is 13.9. The summed E-state index contributed by atoms with van der Waals surface area (Å²) < 4.78 is 7.33. The molecule has 6 rings (SSSR count). The molecular weight excluding hydrogens is 476 g/mol. The van der Waals surface area contributed by atoms with Gasteiger partial charge in [-0.3, -0.25) is 4.79 Å². The number of para-hydroxylation sites is 1. The molecular formula is C27H23ClN6O2. The molecule has 2 aromatic heterocycles. The van der Waals surface area contributed by atoms with Gasteiger partial charge in [0.1, 0.15) is 5.75 Å². The molecule has 1 amide bonds. The lowest BCUT2D eigenvalue weighted by molar-refractivity contribution is 0.0746. The van der Waals surface area contributed by atoms with Crippen molar-refractivity contribution < 1.29 is 9.53 Å². The summed E-state index contributed by atoms with van der Waals surface area (Å²) in [5.41, 5.74) is 3.16. The number of fused-ring (bicyclic) bond motifs is 3. The Morgan fingerprint density at radius 1 is 0.889 bits per heavy atom. The largest absolute Gasteiger partial charge is 0.497 e. The summed E-state index contributed by atoms with van der Waals surface area (Å²) in [4.78, 5) is 22.1. The van der Waals surface area contributed by atoms with Crippen LogP contribution >= 0.6 is 11.6 Å². The number of halogens is 1. The minimum Gasteiger partial charge on any atom is -0.497 e. The van der Waals surface area contributed by atoms with E-state index >= 15 is 0 Å². The Labute approximate surface area is 212 Å². The first-order chi connectivity index (χ1) is 17.6. The average Bonchev–Trinajstić information content (AvgIpc) is 3.38. The number of anilines is 1. The molecule has 8 nitrogen and oxygen atoms in total. The van der Waals surface area contributed by atoms with E-state index in [-0.39, 0.29) is 5.91 Å². The summed E-state index contributed by atoms with van der Waals surface area (Å²) >= 11 is 5.98. The molecule has 0 bridgehead atoms. The Morgan fingerprint density at radius 2 is 1.61 bits per heavy atom. The van der Waals surface area contributed by atoms with Gasteiger partial charge in [-0.15, -0.1) is 10.2 Å². The van der Waals surface area contributed by atoms with Crippen molar-refractivity contribution in [3.05, 3.63) is 83.4 Å². The maximum atomic E-state index is 13.0. The van der Waals surface area contributed by atoms with Crippen LogP contribution in [0.15, 0.2) is 72.8 Å². The molecule has 0 saturated carbocycles. The first-order valence-electron chi connectivity index (χ1n) is 11.7. The van der Waals surface area contributed by atoms with E-state index in [0.717, 1.165) is 33.8 Å². The van der Waals surface area contributed by atoms with Gasteiger partial charge >= 0.3 is 0 Å². The van der Waals surface area contributed by atoms with Crippen molar-refractivity contribution >= 4 is 40.0 Å². The van der Waals surface area contributed by atoms with Gasteiger partial charge in [-0.1, -0.05) is 23.7 Å². The lowest BCUT2D eigenvalue weighted by Gasteiger charge is -2.35. The average molecular weight is 499 g/mol. The predicted molar refractivity (Wildman–Crippen MR) is 140 cm³/mol. The zero-order valence-electron chi connectivity index (χ0n) is 19.6. The van der Waals surface area contributed by atoms with E-state index in [1.54, 1.807) is 31.4 Å². The Balaban J connectivity index is 1.37. The van der Waals surface area contributed by atoms with Crippen molar-refractivity contribution in [1.82, 2.24) is 24.5 Å². The molecule has 0 radical (unpaired) electrons. The second kappa shape index (κ2) is 9.13. The third-order valence-electron chi connectivity index (χ3n) is 6.52. The van der Waals surface area contributed by atoms with Gasteiger partial charge in [0.15, 0.2) is 11.5 Å². The summed E-state index contributed by atoms with van der Waals surface area (Å²) in [6.45, 7) is 2.44. The molecule has 1 saturated heterocycles. The molecule has 3 heterocycles. The van der Waals surface area contributed by atoms with Gasteiger partial charge in [0.05, 0.1) is 12.6 Å². The highest BCUT2D eigenvalue weighted by Crippen LogP contribution is 2.30. The number of piperazine rings is 1. The molecule has 0 N–H and O–H groups in total. The zero-order valence-corrected chi connectivity index (χ0v) is 20.4. The van der Waals surface area contributed by atoms with E-state index < -0.39 is 0 Å². The minimum absolute atomic E-state index is 0.00570. The Bertz CT molecular complexity index is 1560. The number of benzene rings is 3. The maximum absolute atomic E-state index is 13.0. The van der Waals surface area contributed by atoms with Crippen molar-refractivity contribution in [2.75, 3.05) is 38.2 Å². The molecule has 0 atom stereocenters. The summed E-state index contributed by atoms with van der Waals surface area (Å²) in [5.74, 6) is 2.25. The number of ether oxygens (including phenoxy) is 1. The molecule has 0 unspecified atom stereocenters. The Hall–Kier alpha value is -4.17. The number of aromatic nitrogens is 4. The van der Waals surface area contributed by atoms with Crippen LogP contribution in [0.2, 0.25) is 5.02 Å². The highest BCUT2D eigenvalue weighted by molar-refractivity contribution is 6.30. The van der Waals surface area contributed by atoms with Gasteiger partial charge in [-0.2, -0.15) is 0 Å². The van der Waals surface area contributed by atoms with Crippen molar-refractivity contribution in [2.24, 2.45) is 0 Å². The molecule has 1 aliphatic rings. The van der Waals surface area contributed by atoms with Crippen molar-refractivity contribution in [3.8, 4) is 17.1 Å². The number of methoxy groups -OCH3 is 1. The molecule has 9 heteroatoms. The van der Waals surface area contributed by atoms with Crippen LogP contribution < -0.4 is 9.64 Å². The van der Waals surface area contributed by atoms with Crippen molar-refractivity contribution in [1.29, 1.82) is 0 Å². The number of hydrogen-bond donors (Lipinski definition) is 0. The van der Waals surface area contributed by atoms with Gasteiger partial charge in [-0.05, 0) is 60.7 Å². The summed E-state index contributed by atoms with van der Waals surface area (Å²) in [6.07, 6.45) is 0. The maximum Gasteiger partial charge on any atom is 0.253 e. The van der Waals surface area contributed by atoms with E-state index in [0.29, 0.717) is 42.6 Å². The molecule has 0 spiro atoms. The van der Waals surface area contributed by atoms with Crippen LogP contribution in [0.25, 0.3) is 27.9 Å². The Morgan fingerprint density at radius 3 is 2.33 bits per heavy atom. The fraction of sp³-hybridized carbons (Fsp3) is 0.185. The number of amides is 1. The first-order valence-corrected chi connectivity index (χ1v) is 12.1. The number of rotatable bonds is 4. The van der Waals surface area contributed by atoms with Gasteiger partial charge in [0, 0.05) is 47.7 Å². The highest BCUT2D eigenvalue weighted by atomic mass is 35.5. The Kier molecular flexibility index (Phi) is 5.65. The summed E-state index contributed by atoms with van der Waals surface area (Å²) in [5, 5.41) is 10.6. The molecule has 0 aliphatic carbocycles. The zero-order chi connectivity index (χ0) is 24.6. The number of carbonyl (C=O) groups is 1. The fourth-order valence-electron chi connectivity index (χ4n) is 4.59. The van der Waals surface area contributed by atoms with Gasteiger partial charge in [0.2, 0.25) is 5.95 Å². The van der Waals surface area contributed by atoms with E-state index in [2.05, 4.69) is 15.1 Å². The topological polar surface area (TPSA) is 75.9 Å². The van der Waals surface area contributed by atoms with Gasteiger partial charge in [0.25, 0.3) is 5.91 Å². The summed E-state index contributed by atoms with van der Waals surface area (Å²) in [6, 6.07) is 22.7. The van der Waals surface area contributed by atoms with E-state index in [1.165, 1.54) is 0 Å². The lowest BCUT2D eigenvalue weighted by Crippen LogP contribution is -2.49. The second-order valence-corrected chi connectivity index (χ2v) is 9.06. The van der Waals surface area contributed by atoms with E-state index in [4.69, 9.17) is 21.3 Å². The molecule has 1 fully saturated rings.